The third kappa shape index (κ3) is 5.56. The molecule has 0 aromatic heterocycles. The highest BCUT2D eigenvalue weighted by Crippen LogP contribution is 2.25. The van der Waals surface area contributed by atoms with Crippen LogP contribution >= 0.6 is 0 Å². The van der Waals surface area contributed by atoms with E-state index in [4.69, 9.17) is 4.74 Å². The van der Waals surface area contributed by atoms with Crippen molar-refractivity contribution < 1.29 is 14.3 Å². The Morgan fingerprint density at radius 2 is 1.88 bits per heavy atom. The number of nitrogens with zero attached hydrogens (tertiary/aromatic N) is 2. The standard InChI is InChI=1S/C20H32N2O3/c23-19(21-11-13-25-14-12-21)9-8-18-7-4-10-22(16-18)20(24)15-17-5-2-1-3-6-17/h5,18H,1-4,6-16H2. The molecule has 0 radical (unpaired) electrons. The first-order valence-electron chi connectivity index (χ1n) is 10.0. The van der Waals surface area contributed by atoms with E-state index in [1.807, 2.05) is 9.80 Å². The maximum Gasteiger partial charge on any atom is 0.226 e. The molecule has 0 N–H and O–H groups in total. The van der Waals surface area contributed by atoms with E-state index in [1.165, 1.54) is 18.4 Å². The Balaban J connectivity index is 1.41. The lowest BCUT2D eigenvalue weighted by molar-refractivity contribution is -0.135. The summed E-state index contributed by atoms with van der Waals surface area (Å²) in [5.41, 5.74) is 1.33. The van der Waals surface area contributed by atoms with Gasteiger partial charge in [-0.1, -0.05) is 11.6 Å². The van der Waals surface area contributed by atoms with E-state index in [-0.39, 0.29) is 11.8 Å². The van der Waals surface area contributed by atoms with Crippen molar-refractivity contribution in [3.05, 3.63) is 11.6 Å². The van der Waals surface area contributed by atoms with Crippen LogP contribution in [0.15, 0.2) is 11.6 Å². The molecule has 5 heteroatoms. The first kappa shape index (κ1) is 18.4. The number of carbonyl (C=O) groups is 2. The molecular formula is C20H32N2O3. The van der Waals surface area contributed by atoms with Gasteiger partial charge in [0.15, 0.2) is 0 Å². The number of likely N-dealkylation sites (tertiary alicyclic amines) is 1. The molecule has 3 rings (SSSR count). The Kier molecular flexibility index (Phi) is 6.91. The normalized spacial score (nSPS) is 24.8. The van der Waals surface area contributed by atoms with Crippen LogP contribution in [-0.4, -0.2) is 61.0 Å². The minimum atomic E-state index is 0.249. The van der Waals surface area contributed by atoms with Crippen molar-refractivity contribution in [1.82, 2.24) is 9.80 Å². The average molecular weight is 348 g/mol. The quantitative estimate of drug-likeness (QED) is 0.718. The summed E-state index contributed by atoms with van der Waals surface area (Å²) in [7, 11) is 0. The molecule has 2 saturated heterocycles. The molecule has 1 atom stereocenters. The van der Waals surface area contributed by atoms with Crippen LogP contribution in [0.25, 0.3) is 0 Å². The van der Waals surface area contributed by atoms with Gasteiger partial charge in [-0.2, -0.15) is 0 Å². The molecule has 1 aliphatic carbocycles. The van der Waals surface area contributed by atoms with Gasteiger partial charge in [-0.15, -0.1) is 0 Å². The van der Waals surface area contributed by atoms with Crippen molar-refractivity contribution in [2.24, 2.45) is 5.92 Å². The highest BCUT2D eigenvalue weighted by atomic mass is 16.5. The second-order valence-corrected chi connectivity index (χ2v) is 7.66. The van der Waals surface area contributed by atoms with Crippen LogP contribution in [0.4, 0.5) is 0 Å². The second kappa shape index (κ2) is 9.37. The number of allylic oxidation sites excluding steroid dienone is 1. The summed E-state index contributed by atoms with van der Waals surface area (Å²) in [5, 5.41) is 0. The topological polar surface area (TPSA) is 49.9 Å². The van der Waals surface area contributed by atoms with Crippen LogP contribution in [0, 0.1) is 5.92 Å². The third-order valence-corrected chi connectivity index (χ3v) is 5.77. The van der Waals surface area contributed by atoms with Crippen LogP contribution in [-0.2, 0) is 14.3 Å². The number of carbonyl (C=O) groups excluding carboxylic acids is 2. The first-order chi connectivity index (χ1) is 12.2. The molecule has 0 bridgehead atoms. The van der Waals surface area contributed by atoms with Gasteiger partial charge in [-0.05, 0) is 50.9 Å². The summed E-state index contributed by atoms with van der Waals surface area (Å²) in [6.07, 6.45) is 11.3. The van der Waals surface area contributed by atoms with Crippen molar-refractivity contribution in [2.75, 3.05) is 39.4 Å². The van der Waals surface area contributed by atoms with Gasteiger partial charge >= 0.3 is 0 Å². The highest BCUT2D eigenvalue weighted by molar-refractivity contribution is 5.79. The zero-order valence-electron chi connectivity index (χ0n) is 15.4. The molecule has 25 heavy (non-hydrogen) atoms. The molecule has 1 unspecified atom stereocenters. The molecule has 140 valence electrons. The predicted octanol–water partition coefficient (Wildman–Crippen LogP) is 2.75. The Morgan fingerprint density at radius 3 is 2.64 bits per heavy atom. The molecule has 5 nitrogen and oxygen atoms in total. The molecule has 3 aliphatic rings. The summed E-state index contributed by atoms with van der Waals surface area (Å²) < 4.78 is 5.30. The number of hydrogen-bond donors (Lipinski definition) is 0. The van der Waals surface area contributed by atoms with Crippen LogP contribution in [0.5, 0.6) is 0 Å². The molecule has 2 aliphatic heterocycles. The van der Waals surface area contributed by atoms with Gasteiger partial charge in [-0.3, -0.25) is 9.59 Å². The number of hydrogen-bond acceptors (Lipinski definition) is 3. The fourth-order valence-corrected chi connectivity index (χ4v) is 4.20. The summed E-state index contributed by atoms with van der Waals surface area (Å²) >= 11 is 0. The minimum absolute atomic E-state index is 0.249. The summed E-state index contributed by atoms with van der Waals surface area (Å²) in [6, 6.07) is 0. The molecule has 0 saturated carbocycles. The Labute approximate surface area is 151 Å². The zero-order chi connectivity index (χ0) is 17.5. The summed E-state index contributed by atoms with van der Waals surface area (Å²) in [4.78, 5) is 28.9. The van der Waals surface area contributed by atoms with Crippen molar-refractivity contribution in [3.63, 3.8) is 0 Å². The van der Waals surface area contributed by atoms with Gasteiger partial charge in [0.2, 0.25) is 11.8 Å². The SMILES string of the molecule is O=C(CCC1CCCN(C(=O)CC2=CCCCC2)C1)N1CCOCC1. The van der Waals surface area contributed by atoms with E-state index in [0.717, 1.165) is 58.3 Å². The summed E-state index contributed by atoms with van der Waals surface area (Å²) in [5.74, 6) is 1.01. The highest BCUT2D eigenvalue weighted by Gasteiger charge is 2.25. The third-order valence-electron chi connectivity index (χ3n) is 5.77. The molecule has 2 amide bonds. The van der Waals surface area contributed by atoms with Gasteiger partial charge in [-0.25, -0.2) is 0 Å². The predicted molar refractivity (Wildman–Crippen MR) is 97.1 cm³/mol. The summed E-state index contributed by atoms with van der Waals surface area (Å²) in [6.45, 7) is 4.50. The lowest BCUT2D eigenvalue weighted by Gasteiger charge is -2.34. The fourth-order valence-electron chi connectivity index (χ4n) is 4.20. The van der Waals surface area contributed by atoms with Gasteiger partial charge < -0.3 is 14.5 Å². The van der Waals surface area contributed by atoms with Gasteiger partial charge in [0.25, 0.3) is 0 Å². The zero-order valence-corrected chi connectivity index (χ0v) is 15.4. The van der Waals surface area contributed by atoms with Crippen molar-refractivity contribution in [2.45, 2.75) is 57.8 Å². The molecule has 0 aromatic rings. The van der Waals surface area contributed by atoms with E-state index >= 15 is 0 Å². The molecule has 2 heterocycles. The smallest absolute Gasteiger partial charge is 0.226 e. The largest absolute Gasteiger partial charge is 0.378 e. The maximum absolute atomic E-state index is 12.6. The number of piperidine rings is 1. The van der Waals surface area contributed by atoms with Gasteiger partial charge in [0.1, 0.15) is 0 Å². The number of morpholine rings is 1. The Hall–Kier alpha value is -1.36. The van der Waals surface area contributed by atoms with Gasteiger partial charge in [0, 0.05) is 39.0 Å². The lowest BCUT2D eigenvalue weighted by atomic mass is 9.92. The van der Waals surface area contributed by atoms with Crippen LogP contribution in [0.2, 0.25) is 0 Å². The monoisotopic (exact) mass is 348 g/mol. The maximum atomic E-state index is 12.6. The lowest BCUT2D eigenvalue weighted by Crippen LogP contribution is -2.42. The minimum Gasteiger partial charge on any atom is -0.378 e. The molecular weight excluding hydrogens is 316 g/mol. The fraction of sp³-hybridized carbons (Fsp3) is 0.800. The van der Waals surface area contributed by atoms with Crippen molar-refractivity contribution >= 4 is 11.8 Å². The molecule has 2 fully saturated rings. The van der Waals surface area contributed by atoms with Gasteiger partial charge in [0.05, 0.1) is 13.2 Å². The van der Waals surface area contributed by atoms with E-state index in [2.05, 4.69) is 6.08 Å². The molecule has 0 spiro atoms. The van der Waals surface area contributed by atoms with Crippen LogP contribution < -0.4 is 0 Å². The number of rotatable bonds is 5. The van der Waals surface area contributed by atoms with Crippen molar-refractivity contribution in [3.8, 4) is 0 Å². The Bertz CT molecular complexity index is 497. The second-order valence-electron chi connectivity index (χ2n) is 7.66. The van der Waals surface area contributed by atoms with Crippen LogP contribution in [0.1, 0.15) is 57.8 Å². The number of amides is 2. The van der Waals surface area contributed by atoms with E-state index in [9.17, 15) is 9.59 Å². The van der Waals surface area contributed by atoms with E-state index < -0.39 is 0 Å². The average Bonchev–Trinajstić information content (AvgIpc) is 2.68. The van der Waals surface area contributed by atoms with E-state index in [1.54, 1.807) is 0 Å². The molecule has 0 aromatic carbocycles. The first-order valence-corrected chi connectivity index (χ1v) is 10.0. The van der Waals surface area contributed by atoms with Crippen molar-refractivity contribution in [1.29, 1.82) is 0 Å². The van der Waals surface area contributed by atoms with Crippen LogP contribution in [0.3, 0.4) is 0 Å². The number of ether oxygens (including phenoxy) is 1. The Morgan fingerprint density at radius 1 is 1.04 bits per heavy atom. The van der Waals surface area contributed by atoms with E-state index in [0.29, 0.717) is 32.0 Å².